The Balaban J connectivity index is 1.51. The molecule has 0 spiro atoms. The van der Waals surface area contributed by atoms with Gasteiger partial charge < -0.3 is 10.6 Å². The molecule has 0 atom stereocenters. The molecule has 1 aliphatic carbocycles. The number of benzene rings is 1. The number of carbonyl (C=O) groups excluding carboxylic acids is 1. The van der Waals surface area contributed by atoms with E-state index < -0.39 is 17.6 Å². The Labute approximate surface area is 165 Å². The van der Waals surface area contributed by atoms with Crippen LogP contribution in [0.1, 0.15) is 41.6 Å². The molecular formula is C19H20ClF3N4O. The monoisotopic (exact) mass is 412 g/mol. The van der Waals surface area contributed by atoms with Crippen LogP contribution in [0.3, 0.4) is 0 Å². The lowest BCUT2D eigenvalue weighted by molar-refractivity contribution is -0.137. The molecule has 2 aromatic rings. The largest absolute Gasteiger partial charge is 0.416 e. The van der Waals surface area contributed by atoms with Crippen LogP contribution in [-0.2, 0) is 6.18 Å². The first kappa shape index (κ1) is 20.4. The minimum absolute atomic E-state index is 0.00578. The Hall–Kier alpha value is -2.35. The Morgan fingerprint density at radius 1 is 1.14 bits per heavy atom. The van der Waals surface area contributed by atoms with E-state index in [0.29, 0.717) is 11.9 Å². The number of aromatic nitrogens is 2. The van der Waals surface area contributed by atoms with E-state index in [-0.39, 0.29) is 16.6 Å². The zero-order valence-electron chi connectivity index (χ0n) is 15.0. The second kappa shape index (κ2) is 8.77. The van der Waals surface area contributed by atoms with Crippen molar-refractivity contribution in [2.45, 2.75) is 37.9 Å². The first-order valence-electron chi connectivity index (χ1n) is 9.01. The van der Waals surface area contributed by atoms with Crippen LogP contribution in [0, 0.1) is 5.92 Å². The van der Waals surface area contributed by atoms with Crippen LogP contribution in [-0.4, -0.2) is 28.5 Å². The lowest BCUT2D eigenvalue weighted by atomic mass is 9.86. The van der Waals surface area contributed by atoms with Gasteiger partial charge in [0.05, 0.1) is 16.1 Å². The van der Waals surface area contributed by atoms with Crippen LogP contribution >= 0.6 is 11.6 Å². The van der Waals surface area contributed by atoms with Crippen LogP contribution in [0.25, 0.3) is 0 Å². The fourth-order valence-corrected chi connectivity index (χ4v) is 3.48. The third kappa shape index (κ3) is 5.34. The van der Waals surface area contributed by atoms with E-state index in [9.17, 15) is 18.0 Å². The fraction of sp³-hybridized carbons (Fsp3) is 0.421. The van der Waals surface area contributed by atoms with Gasteiger partial charge in [-0.15, -0.1) is 0 Å². The number of amides is 1. The minimum atomic E-state index is -4.52. The van der Waals surface area contributed by atoms with Crippen molar-refractivity contribution in [3.8, 4) is 0 Å². The van der Waals surface area contributed by atoms with E-state index in [4.69, 9.17) is 11.6 Å². The molecule has 150 valence electrons. The quantitative estimate of drug-likeness (QED) is 0.756. The highest BCUT2D eigenvalue weighted by Gasteiger charge is 2.32. The summed E-state index contributed by atoms with van der Waals surface area (Å²) in [6, 6.07) is 4.44. The van der Waals surface area contributed by atoms with Gasteiger partial charge in [0.15, 0.2) is 0 Å². The molecule has 9 heteroatoms. The van der Waals surface area contributed by atoms with Crippen LogP contribution in [0.2, 0.25) is 5.02 Å². The highest BCUT2D eigenvalue weighted by Crippen LogP contribution is 2.32. The highest BCUT2D eigenvalue weighted by molar-refractivity contribution is 6.33. The zero-order valence-corrected chi connectivity index (χ0v) is 15.7. The van der Waals surface area contributed by atoms with Crippen LogP contribution in [0.4, 0.5) is 19.1 Å². The molecule has 3 rings (SSSR count). The zero-order chi connectivity index (χ0) is 20.1. The summed E-state index contributed by atoms with van der Waals surface area (Å²) in [7, 11) is 0. The van der Waals surface area contributed by atoms with Crippen molar-refractivity contribution in [3.05, 3.63) is 52.8 Å². The minimum Gasteiger partial charge on any atom is -0.354 e. The van der Waals surface area contributed by atoms with Crippen molar-refractivity contribution in [1.82, 2.24) is 15.3 Å². The maximum atomic E-state index is 12.9. The lowest BCUT2D eigenvalue weighted by Crippen LogP contribution is -2.38. The summed E-state index contributed by atoms with van der Waals surface area (Å²) in [6.45, 7) is 0.740. The van der Waals surface area contributed by atoms with Crippen molar-refractivity contribution in [2.75, 3.05) is 11.9 Å². The third-order valence-corrected chi connectivity index (χ3v) is 5.16. The molecule has 1 fully saturated rings. The topological polar surface area (TPSA) is 66.9 Å². The summed E-state index contributed by atoms with van der Waals surface area (Å²) < 4.78 is 38.6. The highest BCUT2D eigenvalue weighted by atomic mass is 35.5. The SMILES string of the molecule is O=C(NC1CCC(CNc2ncccn2)CC1)c1cc(C(F)(F)F)ccc1Cl. The lowest BCUT2D eigenvalue weighted by Gasteiger charge is -2.29. The van der Waals surface area contributed by atoms with Crippen molar-refractivity contribution >= 4 is 23.5 Å². The number of anilines is 1. The van der Waals surface area contributed by atoms with Gasteiger partial charge in [-0.3, -0.25) is 4.79 Å². The molecule has 5 nitrogen and oxygen atoms in total. The number of halogens is 4. The van der Waals surface area contributed by atoms with Gasteiger partial charge in [0.2, 0.25) is 5.95 Å². The predicted octanol–water partition coefficient (Wildman–Crippen LogP) is 4.55. The van der Waals surface area contributed by atoms with Gasteiger partial charge in [-0.05, 0) is 55.9 Å². The van der Waals surface area contributed by atoms with Crippen molar-refractivity contribution in [3.63, 3.8) is 0 Å². The molecule has 1 heterocycles. The number of alkyl halides is 3. The Morgan fingerprint density at radius 2 is 1.82 bits per heavy atom. The smallest absolute Gasteiger partial charge is 0.354 e. The summed E-state index contributed by atoms with van der Waals surface area (Å²) >= 11 is 5.93. The molecular weight excluding hydrogens is 393 g/mol. The van der Waals surface area contributed by atoms with Crippen molar-refractivity contribution in [2.24, 2.45) is 5.92 Å². The first-order chi connectivity index (χ1) is 13.3. The molecule has 1 aromatic carbocycles. The van der Waals surface area contributed by atoms with E-state index in [1.165, 1.54) is 0 Å². The second-order valence-electron chi connectivity index (χ2n) is 6.84. The molecule has 1 saturated carbocycles. The van der Waals surface area contributed by atoms with E-state index in [0.717, 1.165) is 50.4 Å². The van der Waals surface area contributed by atoms with Crippen LogP contribution in [0.15, 0.2) is 36.7 Å². The molecule has 2 N–H and O–H groups in total. The van der Waals surface area contributed by atoms with E-state index in [2.05, 4.69) is 20.6 Å². The Morgan fingerprint density at radius 3 is 2.46 bits per heavy atom. The van der Waals surface area contributed by atoms with E-state index in [1.54, 1.807) is 18.5 Å². The average molecular weight is 413 g/mol. The first-order valence-corrected chi connectivity index (χ1v) is 9.39. The number of hydrogen-bond acceptors (Lipinski definition) is 4. The summed E-state index contributed by atoms with van der Waals surface area (Å²) in [6.07, 6.45) is 2.10. The van der Waals surface area contributed by atoms with E-state index >= 15 is 0 Å². The normalized spacial score (nSPS) is 19.9. The summed E-state index contributed by atoms with van der Waals surface area (Å²) in [4.78, 5) is 20.6. The van der Waals surface area contributed by atoms with Crippen molar-refractivity contribution < 1.29 is 18.0 Å². The van der Waals surface area contributed by atoms with Gasteiger partial charge in [-0.2, -0.15) is 13.2 Å². The number of nitrogens with one attached hydrogen (secondary N) is 2. The average Bonchev–Trinajstić information content (AvgIpc) is 2.67. The molecule has 0 bridgehead atoms. The van der Waals surface area contributed by atoms with Gasteiger partial charge in [0.1, 0.15) is 0 Å². The molecule has 28 heavy (non-hydrogen) atoms. The molecule has 1 aliphatic rings. The molecule has 0 saturated heterocycles. The standard InChI is InChI=1S/C19H20ClF3N4O/c20-16-7-4-13(19(21,22)23)10-15(16)17(28)27-14-5-2-12(3-6-14)11-26-18-24-8-1-9-25-18/h1,4,7-10,12,14H,2-3,5-6,11H2,(H,27,28)(H,24,25,26). The molecule has 1 amide bonds. The fourth-order valence-electron chi connectivity index (χ4n) is 3.28. The Kier molecular flexibility index (Phi) is 6.39. The third-order valence-electron chi connectivity index (χ3n) is 4.83. The van der Waals surface area contributed by atoms with Crippen LogP contribution < -0.4 is 10.6 Å². The number of carbonyl (C=O) groups is 1. The Bertz CT molecular complexity index is 809. The van der Waals surface area contributed by atoms with Gasteiger partial charge in [0, 0.05) is 25.0 Å². The maximum Gasteiger partial charge on any atom is 0.416 e. The predicted molar refractivity (Wildman–Crippen MR) is 100 cm³/mol. The van der Waals surface area contributed by atoms with Gasteiger partial charge >= 0.3 is 6.18 Å². The summed E-state index contributed by atoms with van der Waals surface area (Å²) in [5.74, 6) is 0.432. The van der Waals surface area contributed by atoms with Crippen LogP contribution in [0.5, 0.6) is 0 Å². The summed E-state index contributed by atoms with van der Waals surface area (Å²) in [5.41, 5.74) is -1.04. The van der Waals surface area contributed by atoms with Gasteiger partial charge in [-0.1, -0.05) is 11.6 Å². The molecule has 1 aromatic heterocycles. The van der Waals surface area contributed by atoms with Gasteiger partial charge in [0.25, 0.3) is 5.91 Å². The van der Waals surface area contributed by atoms with Gasteiger partial charge in [-0.25, -0.2) is 9.97 Å². The molecule has 0 unspecified atom stereocenters. The number of nitrogens with zero attached hydrogens (tertiary/aromatic N) is 2. The number of hydrogen-bond donors (Lipinski definition) is 2. The second-order valence-corrected chi connectivity index (χ2v) is 7.24. The number of rotatable bonds is 5. The maximum absolute atomic E-state index is 12.9. The molecule has 0 aliphatic heterocycles. The molecule has 0 radical (unpaired) electrons. The van der Waals surface area contributed by atoms with E-state index in [1.807, 2.05) is 0 Å². The summed E-state index contributed by atoms with van der Waals surface area (Å²) in [5, 5.41) is 6.01. The van der Waals surface area contributed by atoms with Crippen molar-refractivity contribution in [1.29, 1.82) is 0 Å².